The van der Waals surface area contributed by atoms with Crippen LogP contribution in [-0.2, 0) is 5.41 Å². The van der Waals surface area contributed by atoms with Gasteiger partial charge in [0, 0.05) is 29.2 Å². The molecule has 0 radical (unpaired) electrons. The third-order valence-corrected chi connectivity index (χ3v) is 10.9. The number of para-hydroxylation sites is 1. The highest BCUT2D eigenvalue weighted by atomic mass is 16.5. The first-order valence-electron chi connectivity index (χ1n) is 20.0. The molecular weight excluding hydrogens is 721 g/mol. The minimum absolute atomic E-state index is 0.199. The van der Waals surface area contributed by atoms with Crippen LogP contribution in [0, 0.1) is 6.33 Å². The van der Waals surface area contributed by atoms with E-state index in [9.17, 15) is 0 Å². The largest absolute Gasteiger partial charge is 0.458 e. The summed E-state index contributed by atoms with van der Waals surface area (Å²) >= 11 is 0. The van der Waals surface area contributed by atoms with Gasteiger partial charge in [0.1, 0.15) is 17.3 Å². The second-order valence-corrected chi connectivity index (χ2v) is 16.0. The molecule has 0 saturated carbocycles. The Kier molecular flexibility index (Phi) is 8.99. The van der Waals surface area contributed by atoms with Gasteiger partial charge in [-0.2, -0.15) is 0 Å². The Hall–Kier alpha value is -7.50. The molecule has 0 amide bonds. The zero-order valence-electron chi connectivity index (χ0n) is 33.2. The Morgan fingerprint density at radius 2 is 1.10 bits per heavy atom. The van der Waals surface area contributed by atoms with Crippen LogP contribution in [0.15, 0.2) is 200 Å². The van der Waals surface area contributed by atoms with E-state index >= 15 is 0 Å². The smallest absolute Gasteiger partial charge is 0.269 e. The van der Waals surface area contributed by atoms with Crippen LogP contribution < -0.4 is 9.30 Å². The monoisotopic (exact) mass is 762 g/mol. The first-order chi connectivity index (χ1) is 28.9. The maximum atomic E-state index is 6.85. The lowest BCUT2D eigenvalue weighted by atomic mass is 9.92. The van der Waals surface area contributed by atoms with Crippen LogP contribution in [0.1, 0.15) is 26.5 Å². The lowest BCUT2D eigenvalue weighted by molar-refractivity contribution is -0.611. The summed E-state index contributed by atoms with van der Waals surface area (Å²) in [6.07, 6.45) is 7.83. The minimum Gasteiger partial charge on any atom is -0.458 e. The number of pyridine rings is 1. The van der Waals surface area contributed by atoms with Crippen molar-refractivity contribution in [2.24, 2.45) is 0 Å². The van der Waals surface area contributed by atoms with Crippen molar-refractivity contribution in [3.05, 3.63) is 212 Å². The molecule has 0 spiro atoms. The van der Waals surface area contributed by atoms with Gasteiger partial charge in [0.2, 0.25) is 0 Å². The molecule has 5 heteroatoms. The van der Waals surface area contributed by atoms with E-state index in [4.69, 9.17) is 9.72 Å². The van der Waals surface area contributed by atoms with Gasteiger partial charge < -0.3 is 4.74 Å². The van der Waals surface area contributed by atoms with Gasteiger partial charge in [-0.3, -0.25) is 13.7 Å². The molecule has 284 valence electrons. The molecule has 0 aliphatic heterocycles. The lowest BCUT2D eigenvalue weighted by Gasteiger charge is -2.21. The molecule has 0 N–H and O–H groups in total. The average Bonchev–Trinajstić information content (AvgIpc) is 3.88. The van der Waals surface area contributed by atoms with Gasteiger partial charge in [-0.25, -0.2) is 4.98 Å². The van der Waals surface area contributed by atoms with Gasteiger partial charge >= 0.3 is 0 Å². The van der Waals surface area contributed by atoms with Crippen molar-refractivity contribution in [2.45, 2.75) is 26.2 Å². The van der Waals surface area contributed by atoms with Gasteiger partial charge in [-0.05, 0) is 106 Å². The number of hydrogen-bond acceptors (Lipinski definition) is 2. The molecule has 10 aromatic rings. The van der Waals surface area contributed by atoms with Crippen molar-refractivity contribution in [1.29, 1.82) is 0 Å². The highest BCUT2D eigenvalue weighted by molar-refractivity contribution is 6.09. The summed E-state index contributed by atoms with van der Waals surface area (Å²) < 4.78 is 13.4. The number of fused-ring (bicyclic) bond motifs is 3. The second-order valence-electron chi connectivity index (χ2n) is 16.0. The first kappa shape index (κ1) is 35.9. The van der Waals surface area contributed by atoms with Crippen LogP contribution in [0.2, 0.25) is 0 Å². The van der Waals surface area contributed by atoms with Crippen molar-refractivity contribution < 1.29 is 9.30 Å². The van der Waals surface area contributed by atoms with E-state index in [0.29, 0.717) is 0 Å². The molecule has 5 nitrogen and oxygen atoms in total. The molecule has 0 bridgehead atoms. The zero-order valence-corrected chi connectivity index (χ0v) is 33.2. The molecule has 0 atom stereocenters. The minimum atomic E-state index is -0.199. The standard InChI is InChI=1S/C54H42N4O/c1-54(2,3)52-36-56(37-57(52)45-31-41(38-17-7-4-8-18-38)29-42(32-45)39-19-9-5-10-20-39)44-30-43(40-21-11-6-12-22-40)33-47(34-44)59-46-26-27-49-48-23-13-14-24-50(48)58(51(49)35-46)53-25-15-16-28-55-53/h4-36H,1-3H3. The molecule has 0 aliphatic rings. The Balaban J connectivity index is 1.12. The number of ether oxygens (including phenoxy) is 1. The van der Waals surface area contributed by atoms with E-state index in [0.717, 1.165) is 73.1 Å². The summed E-state index contributed by atoms with van der Waals surface area (Å²) in [5, 5.41) is 2.31. The predicted octanol–water partition coefficient (Wildman–Crippen LogP) is 13.1. The van der Waals surface area contributed by atoms with Crippen LogP contribution in [0.25, 0.3) is 72.4 Å². The van der Waals surface area contributed by atoms with Crippen LogP contribution in [0.4, 0.5) is 0 Å². The molecule has 0 saturated heterocycles. The first-order valence-corrected chi connectivity index (χ1v) is 20.0. The van der Waals surface area contributed by atoms with E-state index in [-0.39, 0.29) is 5.41 Å². The van der Waals surface area contributed by atoms with Crippen LogP contribution in [0.5, 0.6) is 11.5 Å². The van der Waals surface area contributed by atoms with E-state index in [1.54, 1.807) is 0 Å². The van der Waals surface area contributed by atoms with Crippen LogP contribution in [-0.4, -0.2) is 14.1 Å². The Labute approximate surface area is 344 Å². The fourth-order valence-electron chi connectivity index (χ4n) is 8.02. The number of benzene rings is 7. The van der Waals surface area contributed by atoms with Crippen molar-refractivity contribution >= 4 is 21.8 Å². The number of rotatable bonds is 8. The lowest BCUT2D eigenvalue weighted by Crippen LogP contribution is -2.38. The van der Waals surface area contributed by atoms with Crippen molar-refractivity contribution in [2.75, 3.05) is 0 Å². The van der Waals surface area contributed by atoms with Gasteiger partial charge in [0.15, 0.2) is 0 Å². The molecule has 0 aliphatic carbocycles. The number of imidazole rings is 1. The fraction of sp³-hybridized carbons (Fsp3) is 0.0741. The Bertz CT molecular complexity index is 3030. The predicted molar refractivity (Wildman–Crippen MR) is 240 cm³/mol. The normalized spacial score (nSPS) is 11.6. The summed E-state index contributed by atoms with van der Waals surface area (Å²) in [7, 11) is 0. The van der Waals surface area contributed by atoms with Gasteiger partial charge in [-0.15, -0.1) is 0 Å². The highest BCUT2D eigenvalue weighted by Crippen LogP contribution is 2.37. The molecule has 0 unspecified atom stereocenters. The summed E-state index contributed by atoms with van der Waals surface area (Å²) in [6, 6.07) is 65.7. The number of hydrogen-bond donors (Lipinski definition) is 0. The Morgan fingerprint density at radius 1 is 0.508 bits per heavy atom. The molecule has 7 aromatic carbocycles. The highest BCUT2D eigenvalue weighted by Gasteiger charge is 2.23. The quantitative estimate of drug-likeness (QED) is 0.114. The number of aromatic nitrogens is 4. The van der Waals surface area contributed by atoms with Crippen LogP contribution in [0.3, 0.4) is 0 Å². The Morgan fingerprint density at radius 3 is 1.73 bits per heavy atom. The second kappa shape index (κ2) is 14.8. The SMILES string of the molecule is CC(C)(C)c1cn(-c2cc(Oc3ccc4c5ccccc5n(-c5ccccn5)c4c3)cc(-c3ccccc3)c2)[c-][n+]1-c1cc(-c2ccccc2)cc(-c2ccccc2)c1. The van der Waals surface area contributed by atoms with E-state index in [1.165, 1.54) is 16.5 Å². The molecule has 0 fully saturated rings. The molecular formula is C54H42N4O. The summed E-state index contributed by atoms with van der Waals surface area (Å²) in [4.78, 5) is 4.73. The zero-order chi connectivity index (χ0) is 39.9. The average molecular weight is 763 g/mol. The van der Waals surface area contributed by atoms with Gasteiger partial charge in [0.05, 0.1) is 28.1 Å². The maximum absolute atomic E-state index is 6.85. The van der Waals surface area contributed by atoms with Crippen molar-refractivity contribution in [1.82, 2.24) is 14.1 Å². The van der Waals surface area contributed by atoms with Crippen LogP contribution >= 0.6 is 0 Å². The van der Waals surface area contributed by atoms with Gasteiger partial charge in [0.25, 0.3) is 6.33 Å². The summed E-state index contributed by atoms with van der Waals surface area (Å²) in [5.41, 5.74) is 11.8. The summed E-state index contributed by atoms with van der Waals surface area (Å²) in [6.45, 7) is 6.77. The third-order valence-electron chi connectivity index (χ3n) is 10.9. The van der Waals surface area contributed by atoms with Gasteiger partial charge in [-0.1, -0.05) is 136 Å². The van der Waals surface area contributed by atoms with E-state index in [2.05, 4.69) is 211 Å². The maximum Gasteiger partial charge on any atom is 0.269 e. The molecule has 3 aromatic heterocycles. The van der Waals surface area contributed by atoms with E-state index < -0.39 is 0 Å². The molecule has 59 heavy (non-hydrogen) atoms. The topological polar surface area (TPSA) is 35.9 Å². The molecule has 3 heterocycles. The van der Waals surface area contributed by atoms with E-state index in [1.807, 2.05) is 30.5 Å². The van der Waals surface area contributed by atoms with Crippen molar-refractivity contribution in [3.8, 4) is 62.1 Å². The molecule has 10 rings (SSSR count). The summed E-state index contributed by atoms with van der Waals surface area (Å²) in [5.74, 6) is 2.33. The third kappa shape index (κ3) is 6.98. The van der Waals surface area contributed by atoms with Crippen molar-refractivity contribution in [3.63, 3.8) is 0 Å². The fourth-order valence-corrected chi connectivity index (χ4v) is 8.02. The number of nitrogens with zero attached hydrogens (tertiary/aromatic N) is 4.